The standard InChI is InChI=1S/C12H21NO4/c1-7(5-4-6-14)13-10(15)8-9(11(16)17)12(8,2)3/h7-9,14H,4-6H2,1-3H3,(H,13,15)(H,16,17). The molecule has 0 spiro atoms. The summed E-state index contributed by atoms with van der Waals surface area (Å²) in [5.74, 6) is -2.10. The molecule has 0 aromatic carbocycles. The lowest BCUT2D eigenvalue weighted by Crippen LogP contribution is -2.35. The van der Waals surface area contributed by atoms with Crippen molar-refractivity contribution in [2.75, 3.05) is 6.61 Å². The summed E-state index contributed by atoms with van der Waals surface area (Å²) in [6, 6.07) is -0.0273. The largest absolute Gasteiger partial charge is 0.481 e. The van der Waals surface area contributed by atoms with Crippen molar-refractivity contribution in [1.29, 1.82) is 0 Å². The van der Waals surface area contributed by atoms with E-state index >= 15 is 0 Å². The van der Waals surface area contributed by atoms with Crippen LogP contribution >= 0.6 is 0 Å². The number of carbonyl (C=O) groups excluding carboxylic acids is 1. The zero-order valence-corrected chi connectivity index (χ0v) is 10.6. The number of carboxylic acid groups (broad SMARTS) is 1. The number of carbonyl (C=O) groups is 2. The number of carboxylic acids is 1. The number of aliphatic hydroxyl groups is 1. The first-order valence-electron chi connectivity index (χ1n) is 5.96. The Balaban J connectivity index is 2.47. The van der Waals surface area contributed by atoms with Gasteiger partial charge in [-0.25, -0.2) is 0 Å². The van der Waals surface area contributed by atoms with E-state index in [0.717, 1.165) is 0 Å². The molecule has 0 bridgehead atoms. The zero-order chi connectivity index (χ0) is 13.2. The van der Waals surface area contributed by atoms with Crippen LogP contribution in [-0.4, -0.2) is 34.7 Å². The molecule has 0 aliphatic heterocycles. The van der Waals surface area contributed by atoms with Crippen molar-refractivity contribution < 1.29 is 19.8 Å². The average Bonchev–Trinajstić information content (AvgIpc) is 2.78. The van der Waals surface area contributed by atoms with Gasteiger partial charge in [0.15, 0.2) is 0 Å². The number of hydrogen-bond donors (Lipinski definition) is 3. The van der Waals surface area contributed by atoms with Crippen molar-refractivity contribution in [2.24, 2.45) is 17.3 Å². The third kappa shape index (κ3) is 2.97. The van der Waals surface area contributed by atoms with E-state index in [1.807, 2.05) is 6.92 Å². The lowest BCUT2D eigenvalue weighted by Gasteiger charge is -2.13. The highest BCUT2D eigenvalue weighted by atomic mass is 16.4. The predicted octanol–water partition coefficient (Wildman–Crippen LogP) is 0.620. The maximum Gasteiger partial charge on any atom is 0.307 e. The average molecular weight is 243 g/mol. The zero-order valence-electron chi connectivity index (χ0n) is 10.6. The highest BCUT2D eigenvalue weighted by Gasteiger charge is 2.65. The van der Waals surface area contributed by atoms with Gasteiger partial charge in [-0.15, -0.1) is 0 Å². The van der Waals surface area contributed by atoms with E-state index in [2.05, 4.69) is 5.32 Å². The Labute approximate surface area is 101 Å². The Kier molecular flexibility index (Phi) is 4.14. The van der Waals surface area contributed by atoms with Crippen LogP contribution in [0.5, 0.6) is 0 Å². The van der Waals surface area contributed by atoms with Crippen molar-refractivity contribution in [2.45, 2.75) is 39.7 Å². The molecule has 0 heterocycles. The summed E-state index contributed by atoms with van der Waals surface area (Å²) in [5, 5.41) is 20.5. The lowest BCUT2D eigenvalue weighted by atomic mass is 10.1. The molecular formula is C12H21NO4. The molecule has 0 radical (unpaired) electrons. The fourth-order valence-corrected chi connectivity index (χ4v) is 2.39. The van der Waals surface area contributed by atoms with Gasteiger partial charge in [0.25, 0.3) is 0 Å². The highest BCUT2D eigenvalue weighted by Crippen LogP contribution is 2.58. The Morgan fingerprint density at radius 1 is 1.35 bits per heavy atom. The first kappa shape index (κ1) is 14.0. The molecule has 98 valence electrons. The topological polar surface area (TPSA) is 86.6 Å². The summed E-state index contributed by atoms with van der Waals surface area (Å²) in [4.78, 5) is 22.8. The second kappa shape index (κ2) is 5.04. The van der Waals surface area contributed by atoms with Crippen molar-refractivity contribution >= 4 is 11.9 Å². The molecule has 3 unspecified atom stereocenters. The quantitative estimate of drug-likeness (QED) is 0.638. The van der Waals surface area contributed by atoms with Gasteiger partial charge in [0.2, 0.25) is 5.91 Å². The normalized spacial score (nSPS) is 27.3. The molecule has 5 heteroatoms. The molecule has 0 aromatic rings. The van der Waals surface area contributed by atoms with Crippen molar-refractivity contribution in [3.63, 3.8) is 0 Å². The van der Waals surface area contributed by atoms with E-state index in [4.69, 9.17) is 10.2 Å². The van der Waals surface area contributed by atoms with E-state index in [1.165, 1.54) is 0 Å². The second-order valence-electron chi connectivity index (χ2n) is 5.39. The van der Waals surface area contributed by atoms with Gasteiger partial charge >= 0.3 is 5.97 Å². The first-order valence-corrected chi connectivity index (χ1v) is 5.96. The maximum atomic E-state index is 11.9. The van der Waals surface area contributed by atoms with Crippen molar-refractivity contribution in [3.8, 4) is 0 Å². The molecule has 1 saturated carbocycles. The number of aliphatic carboxylic acids is 1. The van der Waals surface area contributed by atoms with Crippen LogP contribution in [0.2, 0.25) is 0 Å². The van der Waals surface area contributed by atoms with Crippen LogP contribution in [0.15, 0.2) is 0 Å². The summed E-state index contributed by atoms with van der Waals surface area (Å²) >= 11 is 0. The molecule has 17 heavy (non-hydrogen) atoms. The molecule has 5 nitrogen and oxygen atoms in total. The maximum absolute atomic E-state index is 11.9. The molecule has 1 aliphatic rings. The Morgan fingerprint density at radius 3 is 2.35 bits per heavy atom. The number of nitrogens with one attached hydrogen (secondary N) is 1. The van der Waals surface area contributed by atoms with E-state index in [1.54, 1.807) is 13.8 Å². The summed E-state index contributed by atoms with van der Waals surface area (Å²) in [5.41, 5.74) is -0.452. The summed E-state index contributed by atoms with van der Waals surface area (Å²) in [7, 11) is 0. The Morgan fingerprint density at radius 2 is 1.94 bits per heavy atom. The van der Waals surface area contributed by atoms with Crippen LogP contribution in [0, 0.1) is 17.3 Å². The highest BCUT2D eigenvalue weighted by molar-refractivity contribution is 5.91. The molecule has 1 fully saturated rings. The summed E-state index contributed by atoms with van der Waals surface area (Å²) < 4.78 is 0. The number of amides is 1. The van der Waals surface area contributed by atoms with Gasteiger partial charge in [-0.2, -0.15) is 0 Å². The monoisotopic (exact) mass is 243 g/mol. The van der Waals surface area contributed by atoms with Gasteiger partial charge in [-0.1, -0.05) is 13.8 Å². The first-order chi connectivity index (χ1) is 7.82. The molecule has 0 aromatic heterocycles. The van der Waals surface area contributed by atoms with Gasteiger partial charge < -0.3 is 15.5 Å². The van der Waals surface area contributed by atoms with Crippen LogP contribution < -0.4 is 5.32 Å². The third-order valence-electron chi connectivity index (χ3n) is 3.56. The number of aliphatic hydroxyl groups excluding tert-OH is 1. The van der Waals surface area contributed by atoms with Gasteiger partial charge in [0.1, 0.15) is 0 Å². The van der Waals surface area contributed by atoms with E-state index in [9.17, 15) is 9.59 Å². The lowest BCUT2D eigenvalue weighted by molar-refractivity contribution is -0.140. The predicted molar refractivity (Wildman–Crippen MR) is 62.3 cm³/mol. The van der Waals surface area contributed by atoms with E-state index < -0.39 is 23.2 Å². The van der Waals surface area contributed by atoms with Crippen LogP contribution in [-0.2, 0) is 9.59 Å². The van der Waals surface area contributed by atoms with Gasteiger partial charge in [0.05, 0.1) is 11.8 Å². The van der Waals surface area contributed by atoms with E-state index in [-0.39, 0.29) is 18.6 Å². The summed E-state index contributed by atoms with van der Waals surface area (Å²) in [6.07, 6.45) is 1.34. The van der Waals surface area contributed by atoms with Crippen molar-refractivity contribution in [3.05, 3.63) is 0 Å². The SMILES string of the molecule is CC(CCCO)NC(=O)C1C(C(=O)O)C1(C)C. The molecule has 0 saturated heterocycles. The van der Waals surface area contributed by atoms with Crippen LogP contribution in [0.1, 0.15) is 33.6 Å². The van der Waals surface area contributed by atoms with Crippen molar-refractivity contribution in [1.82, 2.24) is 5.32 Å². The molecule has 1 amide bonds. The minimum Gasteiger partial charge on any atom is -0.481 e. The summed E-state index contributed by atoms with van der Waals surface area (Å²) in [6.45, 7) is 5.56. The Hall–Kier alpha value is -1.10. The van der Waals surface area contributed by atoms with Gasteiger partial charge in [-0.05, 0) is 25.2 Å². The fraction of sp³-hybridized carbons (Fsp3) is 0.833. The van der Waals surface area contributed by atoms with Crippen LogP contribution in [0.3, 0.4) is 0 Å². The van der Waals surface area contributed by atoms with Gasteiger partial charge in [0, 0.05) is 12.6 Å². The third-order valence-corrected chi connectivity index (χ3v) is 3.56. The minimum atomic E-state index is -0.904. The van der Waals surface area contributed by atoms with Crippen LogP contribution in [0.25, 0.3) is 0 Å². The smallest absolute Gasteiger partial charge is 0.307 e. The number of rotatable bonds is 6. The minimum absolute atomic E-state index is 0.0273. The molecule has 3 N–H and O–H groups in total. The molecule has 1 aliphatic carbocycles. The second-order valence-corrected chi connectivity index (χ2v) is 5.39. The van der Waals surface area contributed by atoms with Crippen LogP contribution in [0.4, 0.5) is 0 Å². The Bertz CT molecular complexity index is 314. The molecule has 3 atom stereocenters. The fourth-order valence-electron chi connectivity index (χ4n) is 2.39. The number of hydrogen-bond acceptors (Lipinski definition) is 3. The van der Waals surface area contributed by atoms with E-state index in [0.29, 0.717) is 12.8 Å². The molecular weight excluding hydrogens is 222 g/mol. The van der Waals surface area contributed by atoms with Gasteiger partial charge in [-0.3, -0.25) is 9.59 Å². The molecule has 1 rings (SSSR count).